The minimum Gasteiger partial charge on any atom is -0.481 e. The molecule has 0 aliphatic carbocycles. The summed E-state index contributed by atoms with van der Waals surface area (Å²) in [6, 6.07) is 1.80. The van der Waals surface area contributed by atoms with E-state index in [1.807, 2.05) is 5.38 Å². The Balaban J connectivity index is 2.04. The van der Waals surface area contributed by atoms with Gasteiger partial charge in [0.25, 0.3) is 5.91 Å². The lowest BCUT2D eigenvalue weighted by Gasteiger charge is -2.03. The van der Waals surface area contributed by atoms with Crippen LogP contribution >= 0.6 is 27.3 Å². The second-order valence-corrected chi connectivity index (χ2v) is 6.24. The Kier molecular flexibility index (Phi) is 6.97. The summed E-state index contributed by atoms with van der Waals surface area (Å²) in [5.41, 5.74) is 0.678. The summed E-state index contributed by atoms with van der Waals surface area (Å²) in [6.07, 6.45) is 3.67. The monoisotopic (exact) mass is 333 g/mol. The first-order chi connectivity index (χ1) is 8.59. The first kappa shape index (κ1) is 15.2. The molecule has 0 fully saturated rings. The van der Waals surface area contributed by atoms with E-state index in [-0.39, 0.29) is 12.3 Å². The minimum atomic E-state index is -0.744. The van der Waals surface area contributed by atoms with Gasteiger partial charge in [-0.15, -0.1) is 11.3 Å². The fraction of sp³-hybridized carbons (Fsp3) is 0.500. The largest absolute Gasteiger partial charge is 0.481 e. The fourth-order valence-electron chi connectivity index (χ4n) is 1.49. The number of carboxylic acids is 1. The maximum absolute atomic E-state index is 11.6. The van der Waals surface area contributed by atoms with E-state index in [0.717, 1.165) is 23.0 Å². The maximum Gasteiger partial charge on any atom is 0.303 e. The summed E-state index contributed by atoms with van der Waals surface area (Å²) in [5, 5.41) is 13.1. The molecule has 1 heterocycles. The molecule has 0 unspecified atom stereocenters. The zero-order valence-corrected chi connectivity index (χ0v) is 12.3. The van der Waals surface area contributed by atoms with Gasteiger partial charge in [0.15, 0.2) is 0 Å². The molecule has 0 saturated heterocycles. The normalized spacial score (nSPS) is 10.3. The van der Waals surface area contributed by atoms with Gasteiger partial charge in [0.05, 0.1) is 9.35 Å². The van der Waals surface area contributed by atoms with Crippen LogP contribution in [0.1, 0.15) is 42.5 Å². The van der Waals surface area contributed by atoms with Crippen molar-refractivity contribution in [2.75, 3.05) is 6.54 Å². The van der Waals surface area contributed by atoms with Crippen LogP contribution in [-0.4, -0.2) is 23.5 Å². The van der Waals surface area contributed by atoms with Crippen LogP contribution in [0.4, 0.5) is 0 Å². The molecule has 0 radical (unpaired) electrons. The number of unbranched alkanes of at least 4 members (excludes halogenated alkanes) is 3. The average molecular weight is 334 g/mol. The maximum atomic E-state index is 11.6. The third-order valence-corrected chi connectivity index (χ3v) is 3.94. The third kappa shape index (κ3) is 6.16. The van der Waals surface area contributed by atoms with E-state index >= 15 is 0 Å². The van der Waals surface area contributed by atoms with E-state index in [1.165, 1.54) is 11.3 Å². The van der Waals surface area contributed by atoms with Gasteiger partial charge in [-0.25, -0.2) is 0 Å². The van der Waals surface area contributed by atoms with Crippen molar-refractivity contribution in [2.24, 2.45) is 0 Å². The van der Waals surface area contributed by atoms with Crippen LogP contribution in [0.25, 0.3) is 0 Å². The van der Waals surface area contributed by atoms with Crippen molar-refractivity contribution in [3.8, 4) is 0 Å². The summed E-state index contributed by atoms with van der Waals surface area (Å²) >= 11 is 4.80. The number of hydrogen-bond acceptors (Lipinski definition) is 3. The zero-order chi connectivity index (χ0) is 13.4. The standard InChI is InChI=1S/C12H16BrNO3S/c13-10-7-9(8-18-10)12(17)14-6-4-2-1-3-5-11(15)16/h7-8H,1-6H2,(H,14,17)(H,15,16). The summed E-state index contributed by atoms with van der Waals surface area (Å²) in [6.45, 7) is 0.638. The molecule has 0 bridgehead atoms. The highest BCUT2D eigenvalue weighted by molar-refractivity contribution is 9.11. The second-order valence-electron chi connectivity index (χ2n) is 3.95. The molecule has 0 atom stereocenters. The number of carboxylic acid groups (broad SMARTS) is 1. The number of nitrogens with one attached hydrogen (secondary N) is 1. The van der Waals surface area contributed by atoms with Gasteiger partial charge in [-0.05, 0) is 34.8 Å². The highest BCUT2D eigenvalue weighted by Gasteiger charge is 2.06. The van der Waals surface area contributed by atoms with E-state index in [2.05, 4.69) is 21.2 Å². The summed E-state index contributed by atoms with van der Waals surface area (Å²) in [4.78, 5) is 21.9. The summed E-state index contributed by atoms with van der Waals surface area (Å²) in [7, 11) is 0. The number of thiophene rings is 1. The van der Waals surface area contributed by atoms with E-state index in [1.54, 1.807) is 6.07 Å². The first-order valence-electron chi connectivity index (χ1n) is 5.83. The molecule has 0 aromatic carbocycles. The van der Waals surface area contributed by atoms with E-state index in [4.69, 9.17) is 5.11 Å². The highest BCUT2D eigenvalue weighted by atomic mass is 79.9. The second kappa shape index (κ2) is 8.26. The molecule has 0 saturated carbocycles. The Labute approximate surface area is 119 Å². The van der Waals surface area contributed by atoms with E-state index < -0.39 is 5.97 Å². The predicted octanol–water partition coefficient (Wildman–Crippen LogP) is 3.28. The lowest BCUT2D eigenvalue weighted by molar-refractivity contribution is -0.137. The van der Waals surface area contributed by atoms with Gasteiger partial charge in [0.1, 0.15) is 0 Å². The van der Waals surface area contributed by atoms with Crippen molar-refractivity contribution in [3.63, 3.8) is 0 Å². The van der Waals surface area contributed by atoms with E-state index in [0.29, 0.717) is 18.5 Å². The number of hydrogen-bond donors (Lipinski definition) is 2. The molecule has 0 aliphatic heterocycles. The van der Waals surface area contributed by atoms with Crippen molar-refractivity contribution in [3.05, 3.63) is 20.8 Å². The number of rotatable bonds is 8. The van der Waals surface area contributed by atoms with Crippen LogP contribution in [0.2, 0.25) is 0 Å². The number of carbonyl (C=O) groups excluding carboxylic acids is 1. The van der Waals surface area contributed by atoms with Crippen molar-refractivity contribution < 1.29 is 14.7 Å². The van der Waals surface area contributed by atoms with Gasteiger partial charge in [-0.3, -0.25) is 9.59 Å². The van der Waals surface area contributed by atoms with Crippen LogP contribution in [0.3, 0.4) is 0 Å². The van der Waals surface area contributed by atoms with Gasteiger partial charge in [-0.1, -0.05) is 12.8 Å². The number of halogens is 1. The highest BCUT2D eigenvalue weighted by Crippen LogP contribution is 2.20. The fourth-order valence-corrected chi connectivity index (χ4v) is 2.62. The molecule has 18 heavy (non-hydrogen) atoms. The lowest BCUT2D eigenvalue weighted by Crippen LogP contribution is -2.23. The molecular formula is C12H16BrNO3S. The van der Waals surface area contributed by atoms with Gasteiger partial charge in [0.2, 0.25) is 0 Å². The Bertz CT molecular complexity index is 406. The number of amides is 1. The SMILES string of the molecule is O=C(O)CCCCCCNC(=O)c1csc(Br)c1. The zero-order valence-electron chi connectivity index (χ0n) is 9.95. The van der Waals surface area contributed by atoms with Crippen molar-refractivity contribution in [1.29, 1.82) is 0 Å². The lowest BCUT2D eigenvalue weighted by atomic mass is 10.1. The number of aliphatic carboxylic acids is 1. The summed E-state index contributed by atoms with van der Waals surface area (Å²) < 4.78 is 0.946. The smallest absolute Gasteiger partial charge is 0.303 e. The van der Waals surface area contributed by atoms with Gasteiger partial charge in [0, 0.05) is 18.3 Å². The predicted molar refractivity (Wildman–Crippen MR) is 75.1 cm³/mol. The molecule has 1 aromatic heterocycles. The number of carbonyl (C=O) groups is 2. The van der Waals surface area contributed by atoms with Crippen molar-refractivity contribution in [1.82, 2.24) is 5.32 Å². The van der Waals surface area contributed by atoms with Gasteiger partial charge < -0.3 is 10.4 Å². The molecule has 0 spiro atoms. The van der Waals surface area contributed by atoms with Crippen LogP contribution in [-0.2, 0) is 4.79 Å². The van der Waals surface area contributed by atoms with Crippen LogP contribution < -0.4 is 5.32 Å². The molecule has 1 amide bonds. The van der Waals surface area contributed by atoms with Crippen LogP contribution in [0.15, 0.2) is 15.2 Å². The van der Waals surface area contributed by atoms with Gasteiger partial charge >= 0.3 is 5.97 Å². The van der Waals surface area contributed by atoms with E-state index in [9.17, 15) is 9.59 Å². The Morgan fingerprint density at radius 3 is 2.61 bits per heavy atom. The van der Waals surface area contributed by atoms with Crippen LogP contribution in [0.5, 0.6) is 0 Å². The van der Waals surface area contributed by atoms with Crippen LogP contribution in [0, 0.1) is 0 Å². The topological polar surface area (TPSA) is 66.4 Å². The third-order valence-electron chi connectivity index (χ3n) is 2.43. The Morgan fingerprint density at radius 2 is 2.00 bits per heavy atom. The average Bonchev–Trinajstić information content (AvgIpc) is 2.74. The first-order valence-corrected chi connectivity index (χ1v) is 7.51. The molecule has 0 aliphatic rings. The molecule has 1 aromatic rings. The summed E-state index contributed by atoms with van der Waals surface area (Å²) in [5.74, 6) is -0.797. The van der Waals surface area contributed by atoms with Crippen molar-refractivity contribution in [2.45, 2.75) is 32.1 Å². The molecule has 2 N–H and O–H groups in total. The quantitative estimate of drug-likeness (QED) is 0.717. The molecule has 100 valence electrons. The molecule has 6 heteroatoms. The molecule has 1 rings (SSSR count). The Hall–Kier alpha value is -0.880. The minimum absolute atomic E-state index is 0.0533. The van der Waals surface area contributed by atoms with Crippen molar-refractivity contribution >= 4 is 39.1 Å². The molecule has 4 nitrogen and oxygen atoms in total. The molecular weight excluding hydrogens is 318 g/mol. The Morgan fingerprint density at radius 1 is 1.28 bits per heavy atom. The van der Waals surface area contributed by atoms with Gasteiger partial charge in [-0.2, -0.15) is 0 Å².